The number of fused-ring (bicyclic) bond motifs is 1. The quantitative estimate of drug-likeness (QED) is 0.712. The largest absolute Gasteiger partial charge is 0.0620 e. The van der Waals surface area contributed by atoms with Gasteiger partial charge in [0.25, 0.3) is 0 Å². The molecule has 17 heavy (non-hydrogen) atoms. The number of benzene rings is 2. The van der Waals surface area contributed by atoms with E-state index in [2.05, 4.69) is 55.5 Å². The molecule has 0 fully saturated rings. The molecule has 0 heterocycles. The van der Waals surface area contributed by atoms with Gasteiger partial charge in [-0.2, -0.15) is 0 Å². The maximum atomic E-state index is 2.32. The molecular formula is C17H18. The van der Waals surface area contributed by atoms with E-state index >= 15 is 0 Å². The third-order valence-electron chi connectivity index (χ3n) is 3.82. The number of hydrogen-bond acceptors (Lipinski definition) is 0. The summed E-state index contributed by atoms with van der Waals surface area (Å²) in [6.45, 7) is 2.17. The maximum Gasteiger partial charge on any atom is -0.0116 e. The normalized spacial score (nSPS) is 18.1. The summed E-state index contributed by atoms with van der Waals surface area (Å²) in [5.74, 6) is 0.730. The van der Waals surface area contributed by atoms with Crippen molar-refractivity contribution in [2.45, 2.75) is 32.1 Å². The zero-order valence-electron chi connectivity index (χ0n) is 10.3. The molecule has 0 saturated carbocycles. The summed E-state index contributed by atoms with van der Waals surface area (Å²) in [6, 6.07) is 17.8. The molecule has 0 aromatic heterocycles. The van der Waals surface area contributed by atoms with Crippen molar-refractivity contribution in [3.8, 4) is 0 Å². The van der Waals surface area contributed by atoms with Crippen molar-refractivity contribution >= 4 is 0 Å². The lowest BCUT2D eigenvalue weighted by Crippen LogP contribution is -1.98. The second-order valence-corrected chi connectivity index (χ2v) is 5.13. The second kappa shape index (κ2) is 4.37. The lowest BCUT2D eigenvalue weighted by molar-refractivity contribution is 0.674. The Bertz CT molecular complexity index is 525. The average molecular weight is 222 g/mol. The highest BCUT2D eigenvalue weighted by atomic mass is 14.3. The first-order valence-corrected chi connectivity index (χ1v) is 6.46. The highest BCUT2D eigenvalue weighted by Crippen LogP contribution is 2.35. The van der Waals surface area contributed by atoms with E-state index in [1.165, 1.54) is 30.4 Å². The van der Waals surface area contributed by atoms with Crippen molar-refractivity contribution < 1.29 is 0 Å². The van der Waals surface area contributed by atoms with E-state index in [1.807, 2.05) is 0 Å². The molecule has 0 aliphatic heterocycles. The van der Waals surface area contributed by atoms with Crippen LogP contribution in [0.1, 0.15) is 34.6 Å². The van der Waals surface area contributed by atoms with Crippen LogP contribution in [-0.4, -0.2) is 0 Å². The van der Waals surface area contributed by atoms with Crippen LogP contribution >= 0.6 is 0 Å². The lowest BCUT2D eigenvalue weighted by atomic mass is 9.93. The van der Waals surface area contributed by atoms with Crippen LogP contribution in [0.15, 0.2) is 48.5 Å². The van der Waals surface area contributed by atoms with E-state index < -0.39 is 0 Å². The zero-order chi connectivity index (χ0) is 11.7. The van der Waals surface area contributed by atoms with Gasteiger partial charge >= 0.3 is 0 Å². The molecule has 0 radical (unpaired) electrons. The summed E-state index contributed by atoms with van der Waals surface area (Å²) in [5.41, 5.74) is 5.99. The third-order valence-corrected chi connectivity index (χ3v) is 3.82. The van der Waals surface area contributed by atoms with Gasteiger partial charge in [0.1, 0.15) is 0 Å². The van der Waals surface area contributed by atoms with E-state index in [1.54, 1.807) is 11.1 Å². The second-order valence-electron chi connectivity index (χ2n) is 5.13. The van der Waals surface area contributed by atoms with E-state index in [0.717, 1.165) is 5.92 Å². The molecule has 1 atom stereocenters. The van der Waals surface area contributed by atoms with Crippen LogP contribution in [-0.2, 0) is 12.8 Å². The van der Waals surface area contributed by atoms with Gasteiger partial charge in [0, 0.05) is 0 Å². The first-order valence-electron chi connectivity index (χ1n) is 6.46. The summed E-state index contributed by atoms with van der Waals surface area (Å²) in [5, 5.41) is 0. The summed E-state index contributed by atoms with van der Waals surface area (Å²) >= 11 is 0. The Morgan fingerprint density at radius 1 is 1.06 bits per heavy atom. The van der Waals surface area contributed by atoms with Gasteiger partial charge in [0.2, 0.25) is 0 Å². The molecule has 2 aromatic carbocycles. The molecule has 2 aromatic rings. The van der Waals surface area contributed by atoms with Gasteiger partial charge in [-0.1, -0.05) is 54.1 Å². The smallest absolute Gasteiger partial charge is 0.0116 e. The third kappa shape index (κ3) is 2.12. The number of hydrogen-bond donors (Lipinski definition) is 0. The Labute approximate surface area is 103 Å². The van der Waals surface area contributed by atoms with Crippen molar-refractivity contribution in [3.63, 3.8) is 0 Å². The van der Waals surface area contributed by atoms with Gasteiger partial charge in [-0.05, 0) is 48.8 Å². The van der Waals surface area contributed by atoms with E-state index in [4.69, 9.17) is 0 Å². The molecule has 1 aliphatic carbocycles. The fourth-order valence-electron chi connectivity index (χ4n) is 2.98. The lowest BCUT2D eigenvalue weighted by Gasteiger charge is -2.12. The molecule has 3 rings (SSSR count). The minimum atomic E-state index is 0.730. The first-order chi connectivity index (χ1) is 8.33. The molecule has 0 spiro atoms. The van der Waals surface area contributed by atoms with Crippen LogP contribution in [0.2, 0.25) is 0 Å². The topological polar surface area (TPSA) is 0 Å². The molecule has 1 unspecified atom stereocenters. The molecule has 0 saturated heterocycles. The monoisotopic (exact) mass is 222 g/mol. The van der Waals surface area contributed by atoms with Crippen LogP contribution < -0.4 is 0 Å². The predicted octanol–water partition coefficient (Wildman–Crippen LogP) is 4.27. The Morgan fingerprint density at radius 3 is 2.82 bits per heavy atom. The van der Waals surface area contributed by atoms with Gasteiger partial charge in [-0.15, -0.1) is 0 Å². The van der Waals surface area contributed by atoms with Crippen LogP contribution in [0, 0.1) is 6.92 Å². The van der Waals surface area contributed by atoms with Crippen LogP contribution in [0.3, 0.4) is 0 Å². The minimum Gasteiger partial charge on any atom is -0.0620 e. The Morgan fingerprint density at radius 2 is 1.94 bits per heavy atom. The summed E-state index contributed by atoms with van der Waals surface area (Å²) < 4.78 is 0. The van der Waals surface area contributed by atoms with Crippen LogP contribution in [0.25, 0.3) is 0 Å². The number of rotatable bonds is 2. The molecule has 1 aliphatic rings. The van der Waals surface area contributed by atoms with Crippen molar-refractivity contribution in [2.75, 3.05) is 0 Å². The van der Waals surface area contributed by atoms with E-state index in [9.17, 15) is 0 Å². The molecule has 0 bridgehead atoms. The van der Waals surface area contributed by atoms with Crippen molar-refractivity contribution in [1.82, 2.24) is 0 Å². The molecule has 86 valence electrons. The summed E-state index contributed by atoms with van der Waals surface area (Å²) in [4.78, 5) is 0. The van der Waals surface area contributed by atoms with Gasteiger partial charge in [-0.3, -0.25) is 0 Å². The Hall–Kier alpha value is -1.56. The minimum absolute atomic E-state index is 0.730. The first kappa shape index (κ1) is 10.6. The molecular weight excluding hydrogens is 204 g/mol. The van der Waals surface area contributed by atoms with Crippen LogP contribution in [0.4, 0.5) is 0 Å². The van der Waals surface area contributed by atoms with Crippen LogP contribution in [0.5, 0.6) is 0 Å². The highest BCUT2D eigenvalue weighted by Gasteiger charge is 2.21. The van der Waals surface area contributed by atoms with Gasteiger partial charge in [0.05, 0.1) is 0 Å². The van der Waals surface area contributed by atoms with Gasteiger partial charge < -0.3 is 0 Å². The fraction of sp³-hybridized carbons (Fsp3) is 0.294. The zero-order valence-corrected chi connectivity index (χ0v) is 10.3. The number of aryl methyl sites for hydroxylation is 2. The molecule has 0 amide bonds. The fourth-order valence-corrected chi connectivity index (χ4v) is 2.98. The average Bonchev–Trinajstić information content (AvgIpc) is 2.73. The van der Waals surface area contributed by atoms with Crippen molar-refractivity contribution in [3.05, 3.63) is 70.8 Å². The van der Waals surface area contributed by atoms with Gasteiger partial charge in [0.15, 0.2) is 0 Å². The standard InChI is InChI=1S/C17H18/c1-13-5-4-6-14(11-13)12-16-10-9-15-7-2-3-8-17(15)16/h2-8,11,16H,9-10,12H2,1H3. The summed E-state index contributed by atoms with van der Waals surface area (Å²) in [6.07, 6.45) is 3.76. The maximum absolute atomic E-state index is 2.32. The van der Waals surface area contributed by atoms with E-state index in [-0.39, 0.29) is 0 Å². The Balaban J connectivity index is 1.84. The molecule has 0 N–H and O–H groups in total. The Kier molecular flexibility index (Phi) is 2.72. The van der Waals surface area contributed by atoms with E-state index in [0.29, 0.717) is 0 Å². The van der Waals surface area contributed by atoms with Crippen molar-refractivity contribution in [2.24, 2.45) is 0 Å². The van der Waals surface area contributed by atoms with Crippen molar-refractivity contribution in [1.29, 1.82) is 0 Å². The summed E-state index contributed by atoms with van der Waals surface area (Å²) in [7, 11) is 0. The predicted molar refractivity (Wildman–Crippen MR) is 72.4 cm³/mol. The van der Waals surface area contributed by atoms with Gasteiger partial charge in [-0.25, -0.2) is 0 Å². The SMILES string of the molecule is Cc1cccc(CC2CCc3ccccc32)c1. The highest BCUT2D eigenvalue weighted by molar-refractivity contribution is 5.36. The molecule has 0 nitrogen and oxygen atoms in total. The molecule has 0 heteroatoms.